The van der Waals surface area contributed by atoms with Crippen LogP contribution in [0.4, 0.5) is 0 Å². The number of carboxylic acid groups (broad SMARTS) is 1. The summed E-state index contributed by atoms with van der Waals surface area (Å²) in [5.74, 6) is -2.22. The molecule has 2 atom stereocenters. The number of pyridine rings is 1. The number of nitrogens with one attached hydrogen (secondary N) is 2. The second kappa shape index (κ2) is 6.77. The monoisotopic (exact) mass is 306 g/mol. The first-order valence-corrected chi connectivity index (χ1v) is 7.69. The fourth-order valence-corrected chi connectivity index (χ4v) is 2.64. The van der Waals surface area contributed by atoms with Crippen molar-refractivity contribution in [3.63, 3.8) is 0 Å². The number of hydrogen-bond donors (Lipinski definition) is 3. The molecule has 2 unspecified atom stereocenters. The second-order valence-corrected chi connectivity index (χ2v) is 5.97. The Morgan fingerprint density at radius 1 is 1.23 bits per heavy atom. The van der Waals surface area contributed by atoms with Crippen molar-refractivity contribution < 1.29 is 14.7 Å². The molecule has 1 aliphatic rings. The van der Waals surface area contributed by atoms with E-state index in [2.05, 4.69) is 10.3 Å². The van der Waals surface area contributed by atoms with Crippen molar-refractivity contribution >= 4 is 11.9 Å². The zero-order valence-electron chi connectivity index (χ0n) is 12.9. The summed E-state index contributed by atoms with van der Waals surface area (Å²) in [5, 5.41) is 11.6. The molecule has 0 aliphatic heterocycles. The average molecular weight is 306 g/mol. The number of amides is 1. The first-order chi connectivity index (χ1) is 10.4. The number of hydrogen-bond acceptors (Lipinski definition) is 3. The highest BCUT2D eigenvalue weighted by Gasteiger charge is 2.23. The van der Waals surface area contributed by atoms with E-state index >= 15 is 0 Å². The number of carbonyl (C=O) groups excluding carboxylic acids is 1. The van der Waals surface area contributed by atoms with Gasteiger partial charge in [-0.05, 0) is 51.2 Å². The summed E-state index contributed by atoms with van der Waals surface area (Å²) < 4.78 is 0. The maximum absolute atomic E-state index is 12.3. The Morgan fingerprint density at radius 3 is 2.59 bits per heavy atom. The first-order valence-electron chi connectivity index (χ1n) is 7.69. The van der Waals surface area contributed by atoms with E-state index in [0.29, 0.717) is 0 Å². The van der Waals surface area contributed by atoms with Crippen LogP contribution in [0, 0.1) is 5.92 Å². The average Bonchev–Trinajstić information content (AvgIpc) is 2.69. The van der Waals surface area contributed by atoms with Crippen molar-refractivity contribution in [1.82, 2.24) is 10.3 Å². The number of aryl methyl sites for hydroxylation is 2. The SMILES string of the molecule is CC(NC(=O)c1cc2c([nH]c1=O)CCCCC2)C(C)C(=O)O. The van der Waals surface area contributed by atoms with Crippen LogP contribution in [0.2, 0.25) is 0 Å². The Hall–Kier alpha value is -2.11. The summed E-state index contributed by atoms with van der Waals surface area (Å²) in [6.45, 7) is 3.14. The summed E-state index contributed by atoms with van der Waals surface area (Å²) in [7, 11) is 0. The van der Waals surface area contributed by atoms with Gasteiger partial charge in [-0.15, -0.1) is 0 Å². The molecule has 0 bridgehead atoms. The van der Waals surface area contributed by atoms with Gasteiger partial charge in [-0.2, -0.15) is 0 Å². The third-order valence-electron chi connectivity index (χ3n) is 4.33. The van der Waals surface area contributed by atoms with E-state index in [1.165, 1.54) is 6.92 Å². The predicted molar refractivity (Wildman–Crippen MR) is 82.0 cm³/mol. The molecule has 1 aromatic heterocycles. The highest BCUT2D eigenvalue weighted by molar-refractivity contribution is 5.94. The molecule has 0 saturated heterocycles. The van der Waals surface area contributed by atoms with Crippen molar-refractivity contribution in [1.29, 1.82) is 0 Å². The number of aliphatic carboxylic acids is 1. The van der Waals surface area contributed by atoms with Crippen LogP contribution < -0.4 is 10.9 Å². The fourth-order valence-electron chi connectivity index (χ4n) is 2.64. The zero-order chi connectivity index (χ0) is 16.3. The number of carbonyl (C=O) groups is 2. The van der Waals surface area contributed by atoms with Crippen LogP contribution in [0.15, 0.2) is 10.9 Å². The number of carboxylic acids is 1. The lowest BCUT2D eigenvalue weighted by Gasteiger charge is -2.18. The second-order valence-electron chi connectivity index (χ2n) is 5.97. The van der Waals surface area contributed by atoms with Gasteiger partial charge in [0.2, 0.25) is 0 Å². The van der Waals surface area contributed by atoms with Crippen LogP contribution >= 0.6 is 0 Å². The van der Waals surface area contributed by atoms with Crippen molar-refractivity contribution in [2.24, 2.45) is 5.92 Å². The largest absolute Gasteiger partial charge is 0.481 e. The molecular formula is C16H22N2O4. The summed E-state index contributed by atoms with van der Waals surface area (Å²) in [6, 6.07) is 1.11. The van der Waals surface area contributed by atoms with Crippen LogP contribution in [-0.2, 0) is 17.6 Å². The molecule has 0 spiro atoms. The molecule has 22 heavy (non-hydrogen) atoms. The molecule has 2 rings (SSSR count). The maximum atomic E-state index is 12.3. The van der Waals surface area contributed by atoms with Crippen LogP contribution in [0.3, 0.4) is 0 Å². The summed E-state index contributed by atoms with van der Waals surface area (Å²) in [5.41, 5.74) is 1.59. The van der Waals surface area contributed by atoms with Gasteiger partial charge in [-0.3, -0.25) is 14.4 Å². The quantitative estimate of drug-likeness (QED) is 0.734. The molecule has 0 fully saturated rings. The van der Waals surface area contributed by atoms with Crippen molar-refractivity contribution in [3.05, 3.63) is 33.2 Å². The smallest absolute Gasteiger partial charge is 0.308 e. The summed E-state index contributed by atoms with van der Waals surface area (Å²) in [4.78, 5) is 38.1. The Balaban J connectivity index is 2.21. The number of aromatic amines is 1. The molecule has 0 aromatic carbocycles. The predicted octanol–water partition coefficient (Wildman–Crippen LogP) is 1.48. The topological polar surface area (TPSA) is 99.3 Å². The van der Waals surface area contributed by atoms with E-state index in [4.69, 9.17) is 5.11 Å². The first kappa shape index (κ1) is 16.3. The van der Waals surface area contributed by atoms with Gasteiger partial charge in [-0.25, -0.2) is 0 Å². The van der Waals surface area contributed by atoms with E-state index in [0.717, 1.165) is 43.4 Å². The molecule has 120 valence electrons. The zero-order valence-corrected chi connectivity index (χ0v) is 12.9. The number of aromatic nitrogens is 1. The maximum Gasteiger partial charge on any atom is 0.308 e. The lowest BCUT2D eigenvalue weighted by atomic mass is 10.0. The van der Waals surface area contributed by atoms with Crippen LogP contribution in [-0.4, -0.2) is 28.0 Å². The molecule has 0 saturated carbocycles. The highest BCUT2D eigenvalue weighted by Crippen LogP contribution is 2.18. The van der Waals surface area contributed by atoms with E-state index in [1.54, 1.807) is 13.0 Å². The van der Waals surface area contributed by atoms with Crippen LogP contribution in [0.5, 0.6) is 0 Å². The van der Waals surface area contributed by atoms with Gasteiger partial charge in [-0.1, -0.05) is 6.42 Å². The standard InChI is InChI=1S/C16H22N2O4/c1-9(16(21)22)10(2)17-14(19)12-8-11-6-4-3-5-7-13(11)18-15(12)20/h8-10H,3-7H2,1-2H3,(H,17,19)(H,18,20)(H,21,22). The fraction of sp³-hybridized carbons (Fsp3) is 0.562. The van der Waals surface area contributed by atoms with Gasteiger partial charge < -0.3 is 15.4 Å². The third-order valence-corrected chi connectivity index (χ3v) is 4.33. The van der Waals surface area contributed by atoms with E-state index in [9.17, 15) is 14.4 Å². The van der Waals surface area contributed by atoms with Gasteiger partial charge in [0.15, 0.2) is 0 Å². The molecule has 1 aromatic rings. The minimum atomic E-state index is -0.983. The Morgan fingerprint density at radius 2 is 1.91 bits per heavy atom. The van der Waals surface area contributed by atoms with Crippen LogP contribution in [0.1, 0.15) is 54.7 Å². The Kier molecular flexibility index (Phi) is 5.00. The van der Waals surface area contributed by atoms with Gasteiger partial charge in [0.25, 0.3) is 11.5 Å². The van der Waals surface area contributed by atoms with E-state index < -0.39 is 29.4 Å². The molecule has 1 heterocycles. The summed E-state index contributed by atoms with van der Waals surface area (Å²) in [6.07, 6.45) is 4.89. The van der Waals surface area contributed by atoms with Gasteiger partial charge in [0.1, 0.15) is 5.56 Å². The molecule has 0 radical (unpaired) electrons. The minimum absolute atomic E-state index is 0.0603. The molecule has 6 nitrogen and oxygen atoms in total. The molecule has 1 amide bonds. The molecule has 6 heteroatoms. The van der Waals surface area contributed by atoms with Crippen molar-refractivity contribution in [2.45, 2.75) is 52.0 Å². The molecule has 1 aliphatic carbocycles. The van der Waals surface area contributed by atoms with Crippen LogP contribution in [0.25, 0.3) is 0 Å². The molecular weight excluding hydrogens is 284 g/mol. The van der Waals surface area contributed by atoms with E-state index in [-0.39, 0.29) is 5.56 Å². The Bertz CT molecular complexity index is 636. The number of H-pyrrole nitrogens is 1. The van der Waals surface area contributed by atoms with Crippen molar-refractivity contribution in [2.75, 3.05) is 0 Å². The third kappa shape index (κ3) is 3.55. The number of rotatable bonds is 4. The van der Waals surface area contributed by atoms with E-state index in [1.807, 2.05) is 0 Å². The normalized spacial score (nSPS) is 17.0. The molecule has 3 N–H and O–H groups in total. The van der Waals surface area contributed by atoms with Gasteiger partial charge in [0, 0.05) is 11.7 Å². The lowest BCUT2D eigenvalue weighted by Crippen LogP contribution is -2.42. The Labute approximate surface area is 128 Å². The lowest BCUT2D eigenvalue weighted by molar-refractivity contribution is -0.141. The van der Waals surface area contributed by atoms with Gasteiger partial charge >= 0.3 is 5.97 Å². The van der Waals surface area contributed by atoms with Gasteiger partial charge in [0.05, 0.1) is 5.92 Å². The summed E-state index contributed by atoms with van der Waals surface area (Å²) >= 11 is 0. The number of fused-ring (bicyclic) bond motifs is 1. The highest BCUT2D eigenvalue weighted by atomic mass is 16.4. The minimum Gasteiger partial charge on any atom is -0.481 e. The van der Waals surface area contributed by atoms with Crippen molar-refractivity contribution in [3.8, 4) is 0 Å².